The summed E-state index contributed by atoms with van der Waals surface area (Å²) in [6.45, 7) is 7.93. The smallest absolute Gasteiger partial charge is 0.313 e. The molecule has 456 valence electrons. The molecule has 8 aliphatic carbocycles. The molecule has 22 atom stereocenters. The molecular formula is C66H89N5O11S2. The van der Waals surface area contributed by atoms with E-state index in [0.29, 0.717) is 48.7 Å². The molecule has 18 heteroatoms. The molecule has 0 radical (unpaired) electrons. The largest absolute Gasteiger partial charge is 0.508 e. The first-order valence-electron chi connectivity index (χ1n) is 31.3. The minimum atomic E-state index is -1.97. The number of ether oxygens (including phenoxy) is 1. The summed E-state index contributed by atoms with van der Waals surface area (Å²) >= 11 is 0. The van der Waals surface area contributed by atoms with Crippen molar-refractivity contribution < 1.29 is 54.9 Å². The van der Waals surface area contributed by atoms with E-state index >= 15 is 4.79 Å². The molecule has 1 aromatic heterocycles. The number of carbonyl (C=O) groups is 3. The highest BCUT2D eigenvalue weighted by Gasteiger charge is 2.76. The third-order valence-corrected chi connectivity index (χ3v) is 26.9. The van der Waals surface area contributed by atoms with Crippen LogP contribution in [0.3, 0.4) is 0 Å². The van der Waals surface area contributed by atoms with Crippen LogP contribution in [0.5, 0.6) is 5.75 Å². The molecule has 12 rings (SSSR count). The Morgan fingerprint density at radius 1 is 0.917 bits per heavy atom. The Morgan fingerprint density at radius 3 is 2.43 bits per heavy atom. The molecule has 2 aliphatic heterocycles. The molecule has 84 heavy (non-hydrogen) atoms. The van der Waals surface area contributed by atoms with Crippen LogP contribution in [0, 0.1) is 93.2 Å². The van der Waals surface area contributed by atoms with Crippen LogP contribution in [0.2, 0.25) is 0 Å². The van der Waals surface area contributed by atoms with Crippen LogP contribution < -0.4 is 16.8 Å². The molecule has 10 aliphatic rings. The molecule has 16 nitrogen and oxygen atoms in total. The number of aliphatic hydroxyl groups excluding tert-OH is 3. The maximum atomic E-state index is 16.3. The second-order valence-electron chi connectivity index (χ2n) is 28.5. The zero-order valence-corrected chi connectivity index (χ0v) is 50.8. The Bertz CT molecular complexity index is 3030. The van der Waals surface area contributed by atoms with Gasteiger partial charge in [0.05, 0.1) is 53.8 Å². The molecule has 13 N–H and O–H groups in total. The van der Waals surface area contributed by atoms with E-state index in [9.17, 15) is 45.3 Å². The van der Waals surface area contributed by atoms with Gasteiger partial charge >= 0.3 is 5.97 Å². The number of hydrogen-bond acceptors (Lipinski definition) is 15. The van der Waals surface area contributed by atoms with Crippen molar-refractivity contribution in [3.05, 3.63) is 76.8 Å². The highest BCUT2D eigenvalue weighted by Crippen LogP contribution is 2.74. The van der Waals surface area contributed by atoms with Crippen molar-refractivity contribution in [2.45, 2.75) is 171 Å². The quantitative estimate of drug-likeness (QED) is 0.0340. The fourth-order valence-electron chi connectivity index (χ4n) is 20.5. The highest BCUT2D eigenvalue weighted by molar-refractivity contribution is 8.76. The number of allylic oxidation sites excluding steroid dienone is 3. The second kappa shape index (κ2) is 22.4. The van der Waals surface area contributed by atoms with Gasteiger partial charge in [-0.05, 0) is 172 Å². The Balaban J connectivity index is 1.05. The average molecular weight is 1190 g/mol. The number of nitrogens with two attached hydrogens (primary N) is 2. The molecule has 7 fully saturated rings. The van der Waals surface area contributed by atoms with Crippen LogP contribution >= 0.6 is 21.6 Å². The number of benzene rings is 1. The van der Waals surface area contributed by atoms with Crippen molar-refractivity contribution >= 4 is 45.1 Å². The number of aromatic hydroxyl groups is 1. The fourth-order valence-corrected chi connectivity index (χ4v) is 23.3. The molecule has 5 saturated carbocycles. The maximum absolute atomic E-state index is 16.3. The Labute approximate surface area is 502 Å². The van der Waals surface area contributed by atoms with Gasteiger partial charge in [0, 0.05) is 84.2 Å². The lowest BCUT2D eigenvalue weighted by atomic mass is 9.42. The van der Waals surface area contributed by atoms with Gasteiger partial charge in [0.1, 0.15) is 11.8 Å². The lowest BCUT2D eigenvalue weighted by Crippen LogP contribution is -2.68. The lowest BCUT2D eigenvalue weighted by Gasteiger charge is -2.64. The zero-order chi connectivity index (χ0) is 59.5. The van der Waals surface area contributed by atoms with Gasteiger partial charge in [0.25, 0.3) is 0 Å². The van der Waals surface area contributed by atoms with Crippen molar-refractivity contribution in [3.8, 4) is 17.6 Å². The number of phenols is 1. The van der Waals surface area contributed by atoms with E-state index in [-0.39, 0.29) is 128 Å². The number of ketones is 2. The number of nitrogens with one attached hydrogen (secondary N) is 2. The van der Waals surface area contributed by atoms with Gasteiger partial charge in [0.15, 0.2) is 17.5 Å². The molecule has 1 spiro atoms. The summed E-state index contributed by atoms with van der Waals surface area (Å²) in [7, 11) is 2.99. The summed E-state index contributed by atoms with van der Waals surface area (Å²) in [5, 5.41) is 92.7. The lowest BCUT2D eigenvalue weighted by molar-refractivity contribution is -0.228. The van der Waals surface area contributed by atoms with Crippen LogP contribution in [-0.4, -0.2) is 131 Å². The van der Waals surface area contributed by atoms with E-state index in [2.05, 4.69) is 47.1 Å². The van der Waals surface area contributed by atoms with Gasteiger partial charge in [0.2, 0.25) is 0 Å². The number of aromatic nitrogens is 1. The van der Waals surface area contributed by atoms with E-state index in [1.165, 1.54) is 27.2 Å². The third-order valence-electron chi connectivity index (χ3n) is 24.3. The average Bonchev–Trinajstić information content (AvgIpc) is 1.38. The van der Waals surface area contributed by atoms with E-state index in [1.807, 2.05) is 25.4 Å². The number of phenolic OH excluding ortho intramolecular Hbond substituents is 1. The standard InChI is InChI=1S/C66H89N5O11S2/c1-35-8-9-38-12-15-46-36(2)26-65(80)20-19-63(46,48(38)24-35)27-39(44-32-82-59(78)52(44)41-17-22-69-30-41)6-5-7-40-28-66(81)54-47(16-18-64(66,21-23-70-60(67)68)58(40)62(65,4)79)61(3)29-51(75)56(76)45-34-84-83-33-42(37-10-13-43(73)14-11-37)25-50(74)49(31-72)71-55(54)57(77)53(45)61/h10-14,17,22,30,35-36,39-40,42,44-49,51-53,56,58,69,71-73,75-76,79-81H,7-9,15-16,18-21,23-29,31-34H2,1-4H3,(H4,67,68,70). The number of aliphatic imine (C=N–C) groups is 1. The number of cyclic esters (lactones) is 1. The van der Waals surface area contributed by atoms with Crippen molar-refractivity contribution in [2.75, 3.05) is 31.3 Å². The van der Waals surface area contributed by atoms with Crippen molar-refractivity contribution in [1.29, 1.82) is 0 Å². The van der Waals surface area contributed by atoms with Gasteiger partial charge in [-0.1, -0.05) is 72.1 Å². The first kappa shape index (κ1) is 60.0. The normalized spacial score (nSPS) is 45.7. The van der Waals surface area contributed by atoms with Crippen molar-refractivity contribution in [1.82, 2.24) is 10.3 Å². The van der Waals surface area contributed by atoms with E-state index in [0.717, 1.165) is 36.8 Å². The minimum absolute atomic E-state index is 0.00969. The molecule has 2 saturated heterocycles. The first-order valence-corrected chi connectivity index (χ1v) is 33.8. The van der Waals surface area contributed by atoms with Crippen molar-refractivity contribution in [3.63, 3.8) is 0 Å². The number of fused-ring (bicyclic) bond motifs is 10. The summed E-state index contributed by atoms with van der Waals surface area (Å²) in [6.07, 6.45) is 10.5. The monoisotopic (exact) mass is 1190 g/mol. The number of H-pyrrole nitrogens is 1. The summed E-state index contributed by atoms with van der Waals surface area (Å²) < 4.78 is 6.03. The number of guanidine groups is 1. The number of esters is 1. The number of aromatic amines is 1. The summed E-state index contributed by atoms with van der Waals surface area (Å²) in [6, 6.07) is 7.35. The van der Waals surface area contributed by atoms with E-state index in [1.54, 1.807) is 31.2 Å². The number of carbonyl (C=O) groups excluding carboxylic acids is 3. The summed E-state index contributed by atoms with van der Waals surface area (Å²) in [5.74, 6) is 2.77. The maximum Gasteiger partial charge on any atom is 0.313 e. The molecule has 0 amide bonds. The van der Waals surface area contributed by atoms with Gasteiger partial charge in [-0.15, -0.1) is 5.92 Å². The van der Waals surface area contributed by atoms with E-state index in [4.69, 9.17) is 16.2 Å². The molecule has 2 aromatic rings. The Hall–Kier alpha value is -4.32. The third kappa shape index (κ3) is 9.55. The summed E-state index contributed by atoms with van der Waals surface area (Å²) in [5.41, 5.74) is 7.45. The highest BCUT2D eigenvalue weighted by atomic mass is 33.1. The summed E-state index contributed by atoms with van der Waals surface area (Å²) in [4.78, 5) is 53.0. The molecule has 1 aromatic carbocycles. The zero-order valence-electron chi connectivity index (χ0n) is 49.2. The van der Waals surface area contributed by atoms with E-state index < -0.39 is 93.8 Å². The van der Waals surface area contributed by atoms with Crippen LogP contribution in [-0.2, 0) is 19.1 Å². The molecular weight excluding hydrogens is 1100 g/mol. The van der Waals surface area contributed by atoms with Crippen LogP contribution in [0.4, 0.5) is 0 Å². The number of Topliss-reactive ketones (excluding diaryl/α,β-unsaturated/α-hetero) is 2. The van der Waals surface area contributed by atoms with Crippen LogP contribution in [0.1, 0.15) is 147 Å². The van der Waals surface area contributed by atoms with Gasteiger partial charge in [-0.2, -0.15) is 0 Å². The van der Waals surface area contributed by atoms with Gasteiger partial charge in [-0.25, -0.2) is 0 Å². The van der Waals surface area contributed by atoms with Gasteiger partial charge in [-0.3, -0.25) is 19.4 Å². The molecule has 4 bridgehead atoms. The number of rotatable bonds is 7. The SMILES string of the molecule is CC1CCC2=CCC3C(C)CC4(O)CCC3(CC(C3COC(=O)C3c3cc[nH]c3)C#CCC3CC5(O)C6=C7NC(CO)C(=O)CC(c8ccc(O)cc8)CSSCC8C(O)C(O)CC(C)(C6CCC5(CCN=C(N)N)C3C4(C)O)C8C7=O)C2C1. The van der Waals surface area contributed by atoms with Crippen LogP contribution in [0.15, 0.2) is 70.6 Å². The topological polar surface area (TPSA) is 294 Å². The fraction of sp³-hybridized carbons (Fsp3) is 0.697. The predicted octanol–water partition coefficient (Wildman–Crippen LogP) is 6.78. The second-order valence-corrected chi connectivity index (χ2v) is 31.0. The predicted molar refractivity (Wildman–Crippen MR) is 322 cm³/mol. The van der Waals surface area contributed by atoms with Crippen LogP contribution in [0.25, 0.3) is 0 Å². The number of nitrogens with zero attached hydrogens (tertiary/aromatic N) is 1. The van der Waals surface area contributed by atoms with Crippen molar-refractivity contribution in [2.24, 2.45) is 97.8 Å². The van der Waals surface area contributed by atoms with Gasteiger partial charge < -0.3 is 62.3 Å². The Kier molecular flexibility index (Phi) is 16.0. The number of hydrogen-bond donors (Lipinski definition) is 11. The number of aliphatic hydroxyl groups is 6. The molecule has 3 heterocycles. The Morgan fingerprint density at radius 2 is 1.69 bits per heavy atom. The molecule has 22 unspecified atom stereocenters. The minimum Gasteiger partial charge on any atom is -0.508 e. The first-order chi connectivity index (χ1) is 40.0.